The summed E-state index contributed by atoms with van der Waals surface area (Å²) in [5, 5.41) is 14.5. The van der Waals surface area contributed by atoms with Crippen molar-refractivity contribution < 1.29 is 14.3 Å². The first kappa shape index (κ1) is 29.3. The topological polar surface area (TPSA) is 109 Å². The van der Waals surface area contributed by atoms with E-state index in [9.17, 15) is 4.79 Å². The molecular formula is C29H39N5O3. The normalized spacial score (nSPS) is 11.4. The highest BCUT2D eigenvalue weighted by Crippen LogP contribution is 2.30. The van der Waals surface area contributed by atoms with Gasteiger partial charge in [0.15, 0.2) is 12.4 Å². The Morgan fingerprint density at radius 3 is 2.43 bits per heavy atom. The summed E-state index contributed by atoms with van der Waals surface area (Å²) < 4.78 is 11.6. The molecule has 0 unspecified atom stereocenters. The second-order valence-corrected chi connectivity index (χ2v) is 9.37. The maximum atomic E-state index is 12.1. The molecule has 0 saturated heterocycles. The highest BCUT2D eigenvalue weighted by molar-refractivity contribution is 5.94. The number of hydrogen-bond donors (Lipinski definition) is 3. The number of nitrogens with zero attached hydrogens (tertiary/aromatic N) is 2. The molecule has 0 aliphatic carbocycles. The van der Waals surface area contributed by atoms with Crippen LogP contribution in [0.4, 0.5) is 5.82 Å². The van der Waals surface area contributed by atoms with Crippen molar-refractivity contribution >= 4 is 28.8 Å². The van der Waals surface area contributed by atoms with E-state index in [0.29, 0.717) is 28.8 Å². The molecule has 0 fully saturated rings. The number of amides is 1. The second-order valence-electron chi connectivity index (χ2n) is 9.37. The number of benzene rings is 2. The largest absolute Gasteiger partial charge is 0.491 e. The zero-order valence-corrected chi connectivity index (χ0v) is 23.1. The van der Waals surface area contributed by atoms with Gasteiger partial charge in [-0.1, -0.05) is 32.1 Å². The lowest BCUT2D eigenvalue weighted by Gasteiger charge is -2.20. The fraction of sp³-hybridized carbons (Fsp3) is 0.379. The number of ether oxygens (including phenoxy) is 2. The molecule has 198 valence electrons. The van der Waals surface area contributed by atoms with Crippen LogP contribution in [0.3, 0.4) is 0 Å². The van der Waals surface area contributed by atoms with Gasteiger partial charge in [-0.2, -0.15) is 0 Å². The van der Waals surface area contributed by atoms with Crippen molar-refractivity contribution in [3.63, 3.8) is 0 Å². The number of rotatable bonds is 9. The summed E-state index contributed by atoms with van der Waals surface area (Å²) in [6, 6.07) is 13.0. The maximum Gasteiger partial charge on any atom is 0.258 e. The van der Waals surface area contributed by atoms with E-state index in [-0.39, 0.29) is 24.2 Å². The van der Waals surface area contributed by atoms with Gasteiger partial charge in [0.1, 0.15) is 17.3 Å². The lowest BCUT2D eigenvalue weighted by molar-refractivity contribution is -0.124. The van der Waals surface area contributed by atoms with Gasteiger partial charge in [0, 0.05) is 22.7 Å². The van der Waals surface area contributed by atoms with Crippen molar-refractivity contribution in [3.8, 4) is 22.9 Å². The summed E-state index contributed by atoms with van der Waals surface area (Å²) in [6.45, 7) is 15.5. The summed E-state index contributed by atoms with van der Waals surface area (Å²) >= 11 is 0. The average Bonchev–Trinajstić information content (AvgIpc) is 2.86. The van der Waals surface area contributed by atoms with E-state index in [2.05, 4.69) is 10.6 Å². The molecule has 1 aromatic heterocycles. The lowest BCUT2D eigenvalue weighted by atomic mass is 10.1. The van der Waals surface area contributed by atoms with Crippen LogP contribution < -0.4 is 20.1 Å². The van der Waals surface area contributed by atoms with Crippen LogP contribution in [0, 0.1) is 5.41 Å². The van der Waals surface area contributed by atoms with Gasteiger partial charge in [0.25, 0.3) is 5.91 Å². The van der Waals surface area contributed by atoms with Crippen LogP contribution in [0.2, 0.25) is 0 Å². The van der Waals surface area contributed by atoms with Gasteiger partial charge in [0.2, 0.25) is 0 Å². The number of anilines is 1. The summed E-state index contributed by atoms with van der Waals surface area (Å²) in [4.78, 5) is 21.6. The molecular weight excluding hydrogens is 466 g/mol. The third kappa shape index (κ3) is 8.90. The summed E-state index contributed by atoms with van der Waals surface area (Å²) in [5.74, 6) is 2.11. The van der Waals surface area contributed by atoms with Gasteiger partial charge in [-0.05, 0) is 71.9 Å². The third-order valence-electron chi connectivity index (χ3n) is 4.74. The Morgan fingerprint density at radius 1 is 1.08 bits per heavy atom. The first-order chi connectivity index (χ1) is 17.6. The van der Waals surface area contributed by atoms with Crippen molar-refractivity contribution in [2.45, 2.75) is 67.0 Å². The van der Waals surface area contributed by atoms with Crippen LogP contribution in [-0.2, 0) is 4.79 Å². The molecule has 8 heteroatoms. The summed E-state index contributed by atoms with van der Waals surface area (Å²) in [5.41, 5.74) is 1.74. The molecule has 0 bridgehead atoms. The van der Waals surface area contributed by atoms with Crippen LogP contribution in [0.15, 0.2) is 54.2 Å². The molecule has 3 aromatic rings. The predicted molar refractivity (Wildman–Crippen MR) is 152 cm³/mol. The highest BCUT2D eigenvalue weighted by atomic mass is 16.5. The van der Waals surface area contributed by atoms with Crippen molar-refractivity contribution in [2.75, 3.05) is 11.9 Å². The molecule has 3 N–H and O–H groups in total. The number of carbonyl (C=O) groups is 1. The van der Waals surface area contributed by atoms with Crippen LogP contribution in [0.1, 0.15) is 55.4 Å². The van der Waals surface area contributed by atoms with E-state index in [1.165, 1.54) is 6.21 Å². The average molecular weight is 506 g/mol. The summed E-state index contributed by atoms with van der Waals surface area (Å²) in [6.07, 6.45) is 3.07. The molecule has 0 saturated carbocycles. The molecule has 0 radical (unpaired) electrons. The lowest BCUT2D eigenvalue weighted by Crippen LogP contribution is -2.43. The Balaban J connectivity index is 0.00000235. The Bertz CT molecular complexity index is 1250. The fourth-order valence-electron chi connectivity index (χ4n) is 3.33. The Labute approximate surface area is 220 Å². The molecule has 0 aliphatic heterocycles. The number of nitrogens with one attached hydrogen (secondary N) is 3. The van der Waals surface area contributed by atoms with E-state index in [0.717, 1.165) is 16.5 Å². The van der Waals surface area contributed by atoms with Gasteiger partial charge < -0.3 is 25.5 Å². The zero-order valence-electron chi connectivity index (χ0n) is 23.1. The van der Waals surface area contributed by atoms with Gasteiger partial charge in [-0.25, -0.2) is 9.97 Å². The predicted octanol–water partition coefficient (Wildman–Crippen LogP) is 6.37. The molecule has 0 aliphatic rings. The third-order valence-corrected chi connectivity index (χ3v) is 4.74. The molecule has 1 amide bonds. The van der Waals surface area contributed by atoms with Gasteiger partial charge in [-0.15, -0.1) is 0 Å². The zero-order chi connectivity index (χ0) is 27.6. The highest BCUT2D eigenvalue weighted by Gasteiger charge is 2.15. The molecule has 0 spiro atoms. The standard InChI is InChI=1S/C27H33N5O3.C2H6/c1-7-19(15-28)29-26-22-14-21(35-17(2)3)11-12-23(22)30-25(31-26)18-9-8-10-20(13-18)34-16-24(33)32-27(4,5)6;1-2/h7-15,17,28H,16H2,1-6H3,(H,32,33)(H,29,30,31);1-2H3/b19-7+,28-15?;. The van der Waals surface area contributed by atoms with Crippen molar-refractivity contribution in [1.29, 1.82) is 5.41 Å². The first-order valence-corrected chi connectivity index (χ1v) is 12.5. The quantitative estimate of drug-likeness (QED) is 0.292. The van der Waals surface area contributed by atoms with Gasteiger partial charge in [-0.3, -0.25) is 4.79 Å². The first-order valence-electron chi connectivity index (χ1n) is 12.5. The van der Waals surface area contributed by atoms with Gasteiger partial charge in [0.05, 0.1) is 17.3 Å². The van der Waals surface area contributed by atoms with E-state index in [4.69, 9.17) is 24.9 Å². The van der Waals surface area contributed by atoms with Crippen LogP contribution in [0.25, 0.3) is 22.3 Å². The SMILES string of the molecule is C/C=C(\C=N)Nc1nc(-c2cccc(OCC(=O)NC(C)(C)C)c2)nc2ccc(OC(C)C)cc12.CC. The number of fused-ring (bicyclic) bond motifs is 1. The Hall–Kier alpha value is -3.94. The van der Waals surface area contributed by atoms with Crippen LogP contribution >= 0.6 is 0 Å². The van der Waals surface area contributed by atoms with Crippen LogP contribution in [-0.4, -0.2) is 40.3 Å². The molecule has 1 heterocycles. The van der Waals surface area contributed by atoms with E-state index < -0.39 is 0 Å². The minimum absolute atomic E-state index is 0.0324. The Kier molecular flexibility index (Phi) is 10.6. The van der Waals surface area contributed by atoms with E-state index in [1.54, 1.807) is 18.2 Å². The number of aromatic nitrogens is 2. The fourth-order valence-corrected chi connectivity index (χ4v) is 3.33. The van der Waals surface area contributed by atoms with Crippen molar-refractivity contribution in [1.82, 2.24) is 15.3 Å². The number of allylic oxidation sites excluding steroid dienone is 2. The second kappa shape index (κ2) is 13.4. The molecule has 0 atom stereocenters. The minimum Gasteiger partial charge on any atom is -0.491 e. The van der Waals surface area contributed by atoms with E-state index >= 15 is 0 Å². The monoisotopic (exact) mass is 505 g/mol. The van der Waals surface area contributed by atoms with Crippen molar-refractivity contribution in [2.24, 2.45) is 0 Å². The molecule has 2 aromatic carbocycles. The molecule has 3 rings (SSSR count). The molecule has 8 nitrogen and oxygen atoms in total. The Morgan fingerprint density at radius 2 is 1.81 bits per heavy atom. The minimum atomic E-state index is -0.326. The van der Waals surface area contributed by atoms with Crippen LogP contribution in [0.5, 0.6) is 11.5 Å². The maximum absolute atomic E-state index is 12.1. The van der Waals surface area contributed by atoms with Crippen molar-refractivity contribution in [3.05, 3.63) is 54.2 Å². The van der Waals surface area contributed by atoms with Gasteiger partial charge >= 0.3 is 0 Å². The number of hydrogen-bond acceptors (Lipinski definition) is 7. The summed E-state index contributed by atoms with van der Waals surface area (Å²) in [7, 11) is 0. The molecule has 37 heavy (non-hydrogen) atoms. The van der Waals surface area contributed by atoms with E-state index in [1.807, 2.05) is 85.7 Å². The smallest absolute Gasteiger partial charge is 0.258 e. The number of carbonyl (C=O) groups excluding carboxylic acids is 1.